The van der Waals surface area contributed by atoms with Crippen LogP contribution in [-0.4, -0.2) is 5.91 Å². The third-order valence-corrected chi connectivity index (χ3v) is 0.899. The molecule has 2 nitrogen and oxygen atoms in total. The Bertz CT molecular complexity index is 120. The summed E-state index contributed by atoms with van der Waals surface area (Å²) in [6, 6.07) is 0. The third-order valence-electron chi connectivity index (χ3n) is 0.899. The zero-order valence-electron chi connectivity index (χ0n) is 5.68. The number of amides is 1. The van der Waals surface area contributed by atoms with E-state index < -0.39 is 0 Å². The van der Waals surface area contributed by atoms with Crippen molar-refractivity contribution in [1.82, 2.24) is 0 Å². The lowest BCUT2D eigenvalue weighted by molar-refractivity contribution is -0.114. The van der Waals surface area contributed by atoms with Crippen LogP contribution >= 0.6 is 12.4 Å². The molecule has 0 bridgehead atoms. The molecule has 9 heavy (non-hydrogen) atoms. The van der Waals surface area contributed by atoms with Gasteiger partial charge in [-0.25, -0.2) is 0 Å². The lowest BCUT2D eigenvalue weighted by Gasteiger charge is -1.88. The van der Waals surface area contributed by atoms with Crippen LogP contribution in [0.2, 0.25) is 0 Å². The highest BCUT2D eigenvalue weighted by Crippen LogP contribution is 1.91. The fourth-order valence-electron chi connectivity index (χ4n) is 0.407. The van der Waals surface area contributed by atoms with Crippen LogP contribution in [0.3, 0.4) is 0 Å². The van der Waals surface area contributed by atoms with Crippen molar-refractivity contribution in [3.05, 3.63) is 11.6 Å². The number of hydrogen-bond acceptors (Lipinski definition) is 1. The molecule has 3 heteroatoms. The Balaban J connectivity index is 0. The Morgan fingerprint density at radius 2 is 2.11 bits per heavy atom. The highest BCUT2D eigenvalue weighted by molar-refractivity contribution is 5.91. The van der Waals surface area contributed by atoms with Gasteiger partial charge in [-0.05, 0) is 13.3 Å². The van der Waals surface area contributed by atoms with Gasteiger partial charge in [0.15, 0.2) is 0 Å². The van der Waals surface area contributed by atoms with Crippen LogP contribution in [-0.2, 0) is 4.79 Å². The molecule has 2 N–H and O–H groups in total. The van der Waals surface area contributed by atoms with Crippen molar-refractivity contribution in [2.45, 2.75) is 20.3 Å². The second-order valence-corrected chi connectivity index (χ2v) is 1.66. The minimum absolute atomic E-state index is 0. The highest BCUT2D eigenvalue weighted by Gasteiger charge is 1.91. The molecule has 0 atom stereocenters. The van der Waals surface area contributed by atoms with Crippen LogP contribution in [0.1, 0.15) is 20.3 Å². The molecule has 0 radical (unpaired) electrons. The molecule has 0 saturated heterocycles. The van der Waals surface area contributed by atoms with Crippen molar-refractivity contribution >= 4 is 18.3 Å². The summed E-state index contributed by atoms with van der Waals surface area (Å²) in [7, 11) is 0. The Hall–Kier alpha value is -0.500. The van der Waals surface area contributed by atoms with Crippen molar-refractivity contribution in [2.75, 3.05) is 0 Å². The van der Waals surface area contributed by atoms with Gasteiger partial charge in [0.1, 0.15) is 0 Å². The van der Waals surface area contributed by atoms with Gasteiger partial charge in [0.05, 0.1) is 0 Å². The second-order valence-electron chi connectivity index (χ2n) is 1.66. The molecule has 0 rings (SSSR count). The Labute approximate surface area is 61.5 Å². The number of primary amides is 1. The molecular formula is C6H12ClNO. The topological polar surface area (TPSA) is 43.1 Å². The molecule has 0 aromatic heterocycles. The summed E-state index contributed by atoms with van der Waals surface area (Å²) < 4.78 is 0. The van der Waals surface area contributed by atoms with E-state index in [4.69, 9.17) is 5.73 Å². The fourth-order valence-corrected chi connectivity index (χ4v) is 0.407. The first-order chi connectivity index (χ1) is 3.68. The first-order valence-corrected chi connectivity index (χ1v) is 2.65. The minimum atomic E-state index is -0.327. The molecule has 0 aliphatic heterocycles. The Morgan fingerprint density at radius 3 is 2.22 bits per heavy atom. The van der Waals surface area contributed by atoms with Crippen LogP contribution in [0.5, 0.6) is 0 Å². The van der Waals surface area contributed by atoms with E-state index >= 15 is 0 Å². The largest absolute Gasteiger partial charge is 0.366 e. The van der Waals surface area contributed by atoms with Gasteiger partial charge >= 0.3 is 0 Å². The maximum Gasteiger partial charge on any atom is 0.244 e. The third kappa shape index (κ3) is 5.37. The fraction of sp³-hybridized carbons (Fsp3) is 0.500. The van der Waals surface area contributed by atoms with E-state index in [1.165, 1.54) is 0 Å². The highest BCUT2D eigenvalue weighted by atomic mass is 35.5. The van der Waals surface area contributed by atoms with E-state index in [2.05, 4.69) is 0 Å². The molecule has 0 fully saturated rings. The summed E-state index contributed by atoms with van der Waals surface area (Å²) in [4.78, 5) is 10.2. The maximum absolute atomic E-state index is 10.2. The van der Waals surface area contributed by atoms with Crippen molar-refractivity contribution in [3.8, 4) is 0 Å². The standard InChI is InChI=1S/C6H11NO.ClH/c1-3-4-5(2)6(7)8;/h4H,3H2,1-2H3,(H2,7,8);1H. The zero-order chi connectivity index (χ0) is 6.57. The normalized spacial score (nSPS) is 10.2. The molecule has 1 amide bonds. The summed E-state index contributed by atoms with van der Waals surface area (Å²) in [5.41, 5.74) is 5.56. The Kier molecular flexibility index (Phi) is 7.08. The molecule has 0 saturated carbocycles. The predicted octanol–water partition coefficient (Wildman–Crippen LogP) is 1.25. The van der Waals surface area contributed by atoms with Gasteiger partial charge in [-0.1, -0.05) is 13.0 Å². The lowest BCUT2D eigenvalue weighted by atomic mass is 10.2. The number of hydrogen-bond donors (Lipinski definition) is 1. The molecule has 0 aliphatic rings. The first-order valence-electron chi connectivity index (χ1n) is 2.65. The van der Waals surface area contributed by atoms with Crippen LogP contribution in [0.25, 0.3) is 0 Å². The monoisotopic (exact) mass is 149 g/mol. The molecule has 0 heterocycles. The van der Waals surface area contributed by atoms with Gasteiger partial charge in [0.25, 0.3) is 0 Å². The van der Waals surface area contributed by atoms with Gasteiger partial charge in [0, 0.05) is 5.57 Å². The number of carbonyl (C=O) groups excluding carboxylic acids is 1. The summed E-state index contributed by atoms with van der Waals surface area (Å²) in [5, 5.41) is 0. The van der Waals surface area contributed by atoms with E-state index in [1.54, 1.807) is 6.92 Å². The number of rotatable bonds is 2. The number of nitrogens with two attached hydrogens (primary N) is 1. The molecule has 0 aliphatic carbocycles. The maximum atomic E-state index is 10.2. The number of halogens is 1. The van der Waals surface area contributed by atoms with Crippen LogP contribution in [0.15, 0.2) is 11.6 Å². The average molecular weight is 150 g/mol. The van der Waals surface area contributed by atoms with Gasteiger partial charge in [0.2, 0.25) is 5.91 Å². The summed E-state index contributed by atoms with van der Waals surface area (Å²) in [6.45, 7) is 3.68. The van der Waals surface area contributed by atoms with Crippen LogP contribution in [0, 0.1) is 0 Å². The van der Waals surface area contributed by atoms with E-state index in [1.807, 2.05) is 13.0 Å². The smallest absolute Gasteiger partial charge is 0.244 e. The minimum Gasteiger partial charge on any atom is -0.366 e. The number of allylic oxidation sites excluding steroid dienone is 1. The molecule has 0 aromatic rings. The van der Waals surface area contributed by atoms with E-state index in [9.17, 15) is 4.79 Å². The van der Waals surface area contributed by atoms with Crippen molar-refractivity contribution in [1.29, 1.82) is 0 Å². The average Bonchev–Trinajstić information content (AvgIpc) is 1.67. The van der Waals surface area contributed by atoms with E-state index in [0.29, 0.717) is 5.57 Å². The van der Waals surface area contributed by atoms with Crippen molar-refractivity contribution < 1.29 is 4.79 Å². The summed E-state index contributed by atoms with van der Waals surface area (Å²) in [6.07, 6.45) is 2.68. The summed E-state index contributed by atoms with van der Waals surface area (Å²) >= 11 is 0. The number of carbonyl (C=O) groups is 1. The molecule has 0 unspecified atom stereocenters. The van der Waals surface area contributed by atoms with Gasteiger partial charge in [-0.15, -0.1) is 12.4 Å². The van der Waals surface area contributed by atoms with Crippen molar-refractivity contribution in [3.63, 3.8) is 0 Å². The molecular weight excluding hydrogens is 138 g/mol. The second kappa shape index (κ2) is 5.63. The van der Waals surface area contributed by atoms with Crippen LogP contribution < -0.4 is 5.73 Å². The summed E-state index contributed by atoms with van der Waals surface area (Å²) in [5.74, 6) is -0.327. The van der Waals surface area contributed by atoms with Gasteiger partial charge in [-0.3, -0.25) is 4.79 Å². The molecule has 0 aromatic carbocycles. The zero-order valence-corrected chi connectivity index (χ0v) is 6.49. The molecule has 54 valence electrons. The van der Waals surface area contributed by atoms with E-state index in [0.717, 1.165) is 6.42 Å². The Morgan fingerprint density at radius 1 is 1.67 bits per heavy atom. The van der Waals surface area contributed by atoms with E-state index in [-0.39, 0.29) is 18.3 Å². The van der Waals surface area contributed by atoms with Crippen LogP contribution in [0.4, 0.5) is 0 Å². The SMILES string of the molecule is CCC=C(C)C(N)=O.Cl. The first kappa shape index (κ1) is 11.3. The lowest BCUT2D eigenvalue weighted by Crippen LogP contribution is -2.11. The quantitative estimate of drug-likeness (QED) is 0.590. The van der Waals surface area contributed by atoms with Gasteiger partial charge < -0.3 is 5.73 Å². The predicted molar refractivity (Wildman–Crippen MR) is 40.5 cm³/mol. The molecule has 0 spiro atoms. The van der Waals surface area contributed by atoms with Gasteiger partial charge in [-0.2, -0.15) is 0 Å². The van der Waals surface area contributed by atoms with Crippen molar-refractivity contribution in [2.24, 2.45) is 5.73 Å².